The Morgan fingerprint density at radius 1 is 1.21 bits per heavy atom. The first-order chi connectivity index (χ1) is 6.74. The second-order valence-electron chi connectivity index (χ2n) is 4.69. The zero-order valence-electron chi connectivity index (χ0n) is 9.14. The van der Waals surface area contributed by atoms with Crippen molar-refractivity contribution in [3.63, 3.8) is 0 Å². The van der Waals surface area contributed by atoms with Crippen molar-refractivity contribution in [3.05, 3.63) is 35.4 Å². The van der Waals surface area contributed by atoms with Crippen LogP contribution in [-0.4, -0.2) is 13.6 Å². The van der Waals surface area contributed by atoms with Crippen molar-refractivity contribution in [2.24, 2.45) is 5.41 Å². The van der Waals surface area contributed by atoms with Crippen molar-refractivity contribution < 1.29 is 0 Å². The van der Waals surface area contributed by atoms with Crippen LogP contribution in [0.1, 0.15) is 24.0 Å². The number of benzene rings is 1. The van der Waals surface area contributed by atoms with Crippen LogP contribution in [0.4, 0.5) is 0 Å². The molecular weight excluding hydrogens is 170 g/mol. The molecule has 14 heavy (non-hydrogen) atoms. The number of aryl methyl sites for hydroxylation is 1. The van der Waals surface area contributed by atoms with Crippen LogP contribution >= 0.6 is 0 Å². The highest BCUT2D eigenvalue weighted by molar-refractivity contribution is 5.23. The third kappa shape index (κ3) is 2.16. The normalized spacial score (nSPS) is 18.1. The van der Waals surface area contributed by atoms with Crippen LogP contribution < -0.4 is 5.32 Å². The average Bonchev–Trinajstić information content (AvgIpc) is 2.90. The van der Waals surface area contributed by atoms with E-state index in [0.717, 1.165) is 0 Å². The van der Waals surface area contributed by atoms with Gasteiger partial charge >= 0.3 is 0 Å². The molecule has 1 N–H and O–H groups in total. The van der Waals surface area contributed by atoms with Crippen molar-refractivity contribution in [2.75, 3.05) is 13.6 Å². The summed E-state index contributed by atoms with van der Waals surface area (Å²) in [7, 11) is 2.05. The predicted octanol–water partition coefficient (Wildman–Crippen LogP) is 2.54. The van der Waals surface area contributed by atoms with E-state index in [0.29, 0.717) is 5.41 Å². The summed E-state index contributed by atoms with van der Waals surface area (Å²) in [4.78, 5) is 0. The quantitative estimate of drug-likeness (QED) is 0.767. The maximum absolute atomic E-state index is 3.30. The van der Waals surface area contributed by atoms with Crippen molar-refractivity contribution in [1.82, 2.24) is 5.32 Å². The van der Waals surface area contributed by atoms with Gasteiger partial charge in [-0.25, -0.2) is 0 Å². The van der Waals surface area contributed by atoms with E-state index in [4.69, 9.17) is 0 Å². The van der Waals surface area contributed by atoms with E-state index >= 15 is 0 Å². The molecule has 1 aliphatic carbocycles. The Hall–Kier alpha value is -0.820. The monoisotopic (exact) mass is 189 g/mol. The van der Waals surface area contributed by atoms with Gasteiger partial charge in [-0.1, -0.05) is 29.8 Å². The van der Waals surface area contributed by atoms with Crippen molar-refractivity contribution in [1.29, 1.82) is 0 Å². The summed E-state index contributed by atoms with van der Waals surface area (Å²) < 4.78 is 0. The van der Waals surface area contributed by atoms with E-state index < -0.39 is 0 Å². The van der Waals surface area contributed by atoms with E-state index in [1.807, 2.05) is 0 Å². The molecule has 0 heterocycles. The first kappa shape index (κ1) is 9.72. The molecule has 0 aromatic heterocycles. The van der Waals surface area contributed by atoms with Gasteiger partial charge in [-0.05, 0) is 44.2 Å². The topological polar surface area (TPSA) is 12.0 Å². The van der Waals surface area contributed by atoms with Gasteiger partial charge in [0.2, 0.25) is 0 Å². The lowest BCUT2D eigenvalue weighted by atomic mass is 9.96. The highest BCUT2D eigenvalue weighted by Gasteiger charge is 2.41. The Morgan fingerprint density at radius 2 is 1.86 bits per heavy atom. The van der Waals surface area contributed by atoms with E-state index in [1.54, 1.807) is 0 Å². The first-order valence-electron chi connectivity index (χ1n) is 5.44. The highest BCUT2D eigenvalue weighted by atomic mass is 14.8. The molecule has 1 aromatic carbocycles. The minimum absolute atomic E-state index is 0.587. The molecule has 0 radical (unpaired) electrons. The van der Waals surface area contributed by atoms with Gasteiger partial charge < -0.3 is 5.32 Å². The van der Waals surface area contributed by atoms with Gasteiger partial charge in [0, 0.05) is 6.54 Å². The fraction of sp³-hybridized carbons (Fsp3) is 0.538. The van der Waals surface area contributed by atoms with Crippen LogP contribution in [0.5, 0.6) is 0 Å². The lowest BCUT2D eigenvalue weighted by Gasteiger charge is -2.14. The number of hydrogen-bond donors (Lipinski definition) is 1. The molecule has 0 atom stereocenters. The highest BCUT2D eigenvalue weighted by Crippen LogP contribution is 2.47. The maximum atomic E-state index is 3.30. The SMILES string of the molecule is CNCC1(Cc2ccc(C)cc2)CC1. The van der Waals surface area contributed by atoms with Crippen LogP contribution in [0.3, 0.4) is 0 Å². The van der Waals surface area contributed by atoms with Gasteiger partial charge in [0.25, 0.3) is 0 Å². The molecule has 1 nitrogen and oxygen atoms in total. The lowest BCUT2D eigenvalue weighted by Crippen LogP contribution is -2.21. The van der Waals surface area contributed by atoms with Gasteiger partial charge in [0.05, 0.1) is 0 Å². The average molecular weight is 189 g/mol. The van der Waals surface area contributed by atoms with Crippen LogP contribution in [0, 0.1) is 12.3 Å². The van der Waals surface area contributed by atoms with Gasteiger partial charge in [0.15, 0.2) is 0 Å². The van der Waals surface area contributed by atoms with E-state index in [1.165, 1.54) is 36.9 Å². The summed E-state index contributed by atoms with van der Waals surface area (Å²) >= 11 is 0. The zero-order chi connectivity index (χ0) is 10.0. The fourth-order valence-corrected chi connectivity index (χ4v) is 2.11. The Labute approximate surface area is 86.5 Å². The molecule has 0 amide bonds. The second kappa shape index (κ2) is 3.74. The molecule has 1 saturated carbocycles. The molecule has 1 aliphatic rings. The maximum Gasteiger partial charge on any atom is 0.000800 e. The third-order valence-corrected chi connectivity index (χ3v) is 3.21. The Morgan fingerprint density at radius 3 is 2.36 bits per heavy atom. The summed E-state index contributed by atoms with van der Waals surface area (Å²) in [6.45, 7) is 3.31. The summed E-state index contributed by atoms with van der Waals surface area (Å²) in [5, 5.41) is 3.30. The number of nitrogens with one attached hydrogen (secondary N) is 1. The van der Waals surface area contributed by atoms with Crippen LogP contribution in [0.15, 0.2) is 24.3 Å². The molecular formula is C13H19N. The minimum atomic E-state index is 0.587. The molecule has 0 unspecified atom stereocenters. The van der Waals surface area contributed by atoms with E-state index in [9.17, 15) is 0 Å². The molecule has 0 aliphatic heterocycles. The molecule has 1 fully saturated rings. The Bertz CT molecular complexity index is 296. The van der Waals surface area contributed by atoms with Gasteiger partial charge in [-0.2, -0.15) is 0 Å². The standard InChI is InChI=1S/C13H19N/c1-11-3-5-12(6-4-11)9-13(7-8-13)10-14-2/h3-6,14H,7-10H2,1-2H3. The molecule has 2 rings (SSSR count). The molecule has 1 heteroatoms. The van der Waals surface area contributed by atoms with Crippen molar-refractivity contribution >= 4 is 0 Å². The molecule has 0 bridgehead atoms. The first-order valence-corrected chi connectivity index (χ1v) is 5.44. The predicted molar refractivity (Wildman–Crippen MR) is 60.5 cm³/mol. The third-order valence-electron chi connectivity index (χ3n) is 3.21. The van der Waals surface area contributed by atoms with Crippen LogP contribution in [0.25, 0.3) is 0 Å². The zero-order valence-corrected chi connectivity index (χ0v) is 9.14. The lowest BCUT2D eigenvalue weighted by molar-refractivity contribution is 0.478. The Balaban J connectivity index is 2.00. The van der Waals surface area contributed by atoms with Crippen molar-refractivity contribution in [3.8, 4) is 0 Å². The molecule has 0 spiro atoms. The smallest absolute Gasteiger partial charge is 0.000800 e. The van der Waals surface area contributed by atoms with Gasteiger partial charge in [-0.3, -0.25) is 0 Å². The number of hydrogen-bond acceptors (Lipinski definition) is 1. The summed E-state index contributed by atoms with van der Waals surface area (Å²) in [6.07, 6.45) is 4.03. The second-order valence-corrected chi connectivity index (χ2v) is 4.69. The Kier molecular flexibility index (Phi) is 2.60. The van der Waals surface area contributed by atoms with Gasteiger partial charge in [-0.15, -0.1) is 0 Å². The van der Waals surface area contributed by atoms with Crippen LogP contribution in [0.2, 0.25) is 0 Å². The summed E-state index contributed by atoms with van der Waals surface area (Å²) in [5.41, 5.74) is 3.43. The minimum Gasteiger partial charge on any atom is -0.319 e. The van der Waals surface area contributed by atoms with Crippen LogP contribution in [-0.2, 0) is 6.42 Å². The van der Waals surface area contributed by atoms with Gasteiger partial charge in [0.1, 0.15) is 0 Å². The summed E-state index contributed by atoms with van der Waals surface area (Å²) in [6, 6.07) is 8.96. The summed E-state index contributed by atoms with van der Waals surface area (Å²) in [5.74, 6) is 0. The van der Waals surface area contributed by atoms with Crippen molar-refractivity contribution in [2.45, 2.75) is 26.2 Å². The van der Waals surface area contributed by atoms with E-state index in [2.05, 4.69) is 43.6 Å². The fourth-order valence-electron chi connectivity index (χ4n) is 2.11. The molecule has 76 valence electrons. The molecule has 1 aromatic rings. The molecule has 0 saturated heterocycles. The number of rotatable bonds is 4. The largest absolute Gasteiger partial charge is 0.319 e. The van der Waals surface area contributed by atoms with E-state index in [-0.39, 0.29) is 0 Å².